The molecule has 7 heteroatoms. The van der Waals surface area contributed by atoms with E-state index >= 15 is 0 Å². The highest BCUT2D eigenvalue weighted by atomic mass is 127. The molecule has 2 aliphatic rings. The van der Waals surface area contributed by atoms with E-state index in [9.17, 15) is 4.39 Å². The number of fused-ring (bicyclic) bond motifs is 2. The second-order valence-corrected chi connectivity index (χ2v) is 7.71. The van der Waals surface area contributed by atoms with E-state index in [2.05, 4.69) is 29.5 Å². The minimum Gasteiger partial charge on any atom is -0.375 e. The molecule has 158 valence electrons. The molecule has 1 aromatic rings. The van der Waals surface area contributed by atoms with Gasteiger partial charge in [0.1, 0.15) is 11.9 Å². The third kappa shape index (κ3) is 6.03. The third-order valence-corrected chi connectivity index (χ3v) is 5.97. The number of nitrogens with zero attached hydrogens (tertiary/aromatic N) is 2. The number of ether oxygens (including phenoxy) is 1. The Morgan fingerprint density at radius 1 is 1.25 bits per heavy atom. The van der Waals surface area contributed by atoms with Crippen LogP contribution in [0.3, 0.4) is 0 Å². The summed E-state index contributed by atoms with van der Waals surface area (Å²) in [6.45, 7) is 3.39. The first-order valence-electron chi connectivity index (χ1n) is 10.2. The van der Waals surface area contributed by atoms with Crippen LogP contribution in [0.25, 0.3) is 0 Å². The van der Waals surface area contributed by atoms with Crippen molar-refractivity contribution in [3.63, 3.8) is 0 Å². The zero-order chi connectivity index (χ0) is 19.2. The number of piperidine rings is 2. The largest absolute Gasteiger partial charge is 0.375 e. The van der Waals surface area contributed by atoms with E-state index in [1.54, 1.807) is 19.2 Å². The van der Waals surface area contributed by atoms with Gasteiger partial charge in [-0.15, -0.1) is 24.0 Å². The lowest BCUT2D eigenvalue weighted by molar-refractivity contribution is 0.0526. The van der Waals surface area contributed by atoms with E-state index < -0.39 is 0 Å². The molecule has 5 nitrogen and oxygen atoms in total. The van der Waals surface area contributed by atoms with Crippen molar-refractivity contribution in [3.05, 3.63) is 35.6 Å². The smallest absolute Gasteiger partial charge is 0.191 e. The molecule has 0 spiro atoms. The molecule has 0 saturated carbocycles. The molecule has 0 aliphatic carbocycles. The maximum Gasteiger partial charge on any atom is 0.191 e. The Bertz CT molecular complexity index is 613. The van der Waals surface area contributed by atoms with Crippen molar-refractivity contribution in [2.45, 2.75) is 63.3 Å². The van der Waals surface area contributed by atoms with Gasteiger partial charge in [0.15, 0.2) is 5.96 Å². The first kappa shape index (κ1) is 23.3. The maximum absolute atomic E-state index is 13.2. The molecular formula is C21H34FIN4O. The van der Waals surface area contributed by atoms with Gasteiger partial charge < -0.3 is 20.3 Å². The van der Waals surface area contributed by atoms with Gasteiger partial charge in [0.2, 0.25) is 0 Å². The monoisotopic (exact) mass is 504 g/mol. The lowest BCUT2D eigenvalue weighted by atomic mass is 9.82. The molecule has 0 amide bonds. The summed E-state index contributed by atoms with van der Waals surface area (Å²) in [4.78, 5) is 7.32. The number of hydrogen-bond acceptors (Lipinski definition) is 3. The van der Waals surface area contributed by atoms with Crippen molar-refractivity contribution in [1.82, 2.24) is 15.5 Å². The highest BCUT2D eigenvalue weighted by molar-refractivity contribution is 14.0. The van der Waals surface area contributed by atoms with Gasteiger partial charge in [-0.1, -0.05) is 18.6 Å². The summed E-state index contributed by atoms with van der Waals surface area (Å²) >= 11 is 0. The number of hydrogen-bond donors (Lipinski definition) is 2. The number of rotatable bonds is 6. The van der Waals surface area contributed by atoms with E-state index in [0.29, 0.717) is 24.7 Å². The summed E-state index contributed by atoms with van der Waals surface area (Å²) in [6.07, 6.45) is 6.11. The molecule has 2 fully saturated rings. The molecule has 0 aromatic heterocycles. The highest BCUT2D eigenvalue weighted by Gasteiger charge is 2.36. The SMILES string of the molecule is CCNC(=NCC(OC)c1ccc(F)cc1)NC1CC2CCCC(C1)N2C.I. The van der Waals surface area contributed by atoms with Gasteiger partial charge in [0.05, 0.1) is 6.54 Å². The molecule has 3 unspecified atom stereocenters. The number of benzene rings is 1. The van der Waals surface area contributed by atoms with E-state index in [0.717, 1.165) is 18.1 Å². The molecule has 28 heavy (non-hydrogen) atoms. The van der Waals surface area contributed by atoms with E-state index in [1.807, 2.05) is 0 Å². The Labute approximate surface area is 185 Å². The number of halogens is 2. The van der Waals surface area contributed by atoms with Crippen molar-refractivity contribution in [2.75, 3.05) is 27.2 Å². The summed E-state index contributed by atoms with van der Waals surface area (Å²) in [5.74, 6) is 0.606. The van der Waals surface area contributed by atoms with Crippen molar-refractivity contribution < 1.29 is 9.13 Å². The molecule has 2 saturated heterocycles. The van der Waals surface area contributed by atoms with Crippen LogP contribution >= 0.6 is 24.0 Å². The fourth-order valence-electron chi connectivity index (χ4n) is 4.41. The van der Waals surface area contributed by atoms with Crippen LogP contribution in [0.2, 0.25) is 0 Å². The Morgan fingerprint density at radius 3 is 2.46 bits per heavy atom. The summed E-state index contributed by atoms with van der Waals surface area (Å²) in [5.41, 5.74) is 0.937. The predicted octanol–water partition coefficient (Wildman–Crippen LogP) is 3.70. The van der Waals surface area contributed by atoms with Crippen molar-refractivity contribution in [2.24, 2.45) is 4.99 Å². The Hall–Kier alpha value is -0.930. The van der Waals surface area contributed by atoms with Crippen molar-refractivity contribution in [3.8, 4) is 0 Å². The molecule has 2 bridgehead atoms. The summed E-state index contributed by atoms with van der Waals surface area (Å²) in [7, 11) is 3.94. The Kier molecular flexibility index (Phi) is 9.43. The molecule has 2 N–H and O–H groups in total. The number of guanidine groups is 1. The van der Waals surface area contributed by atoms with Gasteiger partial charge >= 0.3 is 0 Å². The Balaban J connectivity index is 0.00000280. The minimum absolute atomic E-state index is 0. The second kappa shape index (κ2) is 11.3. The summed E-state index contributed by atoms with van der Waals surface area (Å²) in [6, 6.07) is 8.28. The van der Waals surface area contributed by atoms with E-state index in [1.165, 1.54) is 44.2 Å². The predicted molar refractivity (Wildman–Crippen MR) is 123 cm³/mol. The van der Waals surface area contributed by atoms with Crippen LogP contribution in [0.4, 0.5) is 4.39 Å². The zero-order valence-corrected chi connectivity index (χ0v) is 19.5. The van der Waals surface area contributed by atoms with E-state index in [-0.39, 0.29) is 35.9 Å². The summed E-state index contributed by atoms with van der Waals surface area (Å²) < 4.78 is 18.7. The van der Waals surface area contributed by atoms with Crippen LogP contribution in [0.15, 0.2) is 29.3 Å². The van der Waals surface area contributed by atoms with Gasteiger partial charge in [0.25, 0.3) is 0 Å². The van der Waals surface area contributed by atoms with Gasteiger partial charge in [-0.05, 0) is 57.4 Å². The van der Waals surface area contributed by atoms with Crippen LogP contribution in [-0.4, -0.2) is 56.2 Å². The molecule has 2 aliphatic heterocycles. The quantitative estimate of drug-likeness (QED) is 0.353. The minimum atomic E-state index is -0.236. The van der Waals surface area contributed by atoms with Crippen molar-refractivity contribution in [1.29, 1.82) is 0 Å². The third-order valence-electron chi connectivity index (χ3n) is 5.97. The van der Waals surface area contributed by atoms with E-state index in [4.69, 9.17) is 9.73 Å². The highest BCUT2D eigenvalue weighted by Crippen LogP contribution is 2.32. The molecular weight excluding hydrogens is 470 g/mol. The first-order chi connectivity index (χ1) is 13.1. The molecule has 1 aromatic carbocycles. The van der Waals surface area contributed by atoms with Crippen LogP contribution in [0, 0.1) is 5.82 Å². The van der Waals surface area contributed by atoms with Crippen molar-refractivity contribution >= 4 is 29.9 Å². The average Bonchev–Trinajstić information content (AvgIpc) is 2.64. The Morgan fingerprint density at radius 2 is 1.89 bits per heavy atom. The normalized spacial score (nSPS) is 26.3. The topological polar surface area (TPSA) is 48.9 Å². The maximum atomic E-state index is 13.2. The van der Waals surface area contributed by atoms with Gasteiger partial charge in [0, 0.05) is 31.8 Å². The van der Waals surface area contributed by atoms with Crippen LogP contribution in [0.1, 0.15) is 50.7 Å². The number of methoxy groups -OCH3 is 1. The van der Waals surface area contributed by atoms with Crippen LogP contribution in [0.5, 0.6) is 0 Å². The van der Waals surface area contributed by atoms with Crippen LogP contribution < -0.4 is 10.6 Å². The average molecular weight is 504 g/mol. The fourth-order valence-corrected chi connectivity index (χ4v) is 4.41. The first-order valence-corrected chi connectivity index (χ1v) is 10.2. The molecule has 3 rings (SSSR count). The van der Waals surface area contributed by atoms with Gasteiger partial charge in [-0.3, -0.25) is 4.99 Å². The second-order valence-electron chi connectivity index (χ2n) is 7.71. The number of aliphatic imine (C=N–C) groups is 1. The zero-order valence-electron chi connectivity index (χ0n) is 17.2. The molecule has 0 radical (unpaired) electrons. The van der Waals surface area contributed by atoms with Gasteiger partial charge in [-0.2, -0.15) is 0 Å². The molecule has 3 atom stereocenters. The fraction of sp³-hybridized carbons (Fsp3) is 0.667. The molecule has 2 heterocycles. The lowest BCUT2D eigenvalue weighted by Crippen LogP contribution is -2.56. The standard InChI is InChI=1S/C21H33FN4O.HI/c1-4-23-21(24-14-20(27-3)15-8-10-16(22)11-9-15)25-17-12-18-6-5-7-19(13-17)26(18)2;/h8-11,17-20H,4-7,12-14H2,1-3H3,(H2,23,24,25);1H. The summed E-state index contributed by atoms with van der Waals surface area (Å²) in [5, 5.41) is 7.00. The van der Waals surface area contributed by atoms with Crippen LogP contribution in [-0.2, 0) is 4.74 Å². The van der Waals surface area contributed by atoms with Gasteiger partial charge in [-0.25, -0.2) is 4.39 Å². The lowest BCUT2D eigenvalue weighted by Gasteiger charge is -2.47. The number of nitrogens with one attached hydrogen (secondary N) is 2.